The van der Waals surface area contributed by atoms with Crippen LogP contribution in [-0.2, 0) is 4.79 Å². The van der Waals surface area contributed by atoms with Crippen molar-refractivity contribution in [1.29, 1.82) is 0 Å². The van der Waals surface area contributed by atoms with E-state index in [1.54, 1.807) is 0 Å². The third-order valence-corrected chi connectivity index (χ3v) is 1.69. The highest BCUT2D eigenvalue weighted by Crippen LogP contribution is 2.22. The van der Waals surface area contributed by atoms with Gasteiger partial charge < -0.3 is 20.4 Å². The van der Waals surface area contributed by atoms with Crippen LogP contribution in [0.1, 0.15) is 6.92 Å². The van der Waals surface area contributed by atoms with Crippen LogP contribution >= 0.6 is 0 Å². The molecule has 0 spiro atoms. The lowest BCUT2D eigenvalue weighted by Gasteiger charge is -2.22. The number of aliphatic hydroxyl groups excluding tert-OH is 4. The summed E-state index contributed by atoms with van der Waals surface area (Å²) in [4.78, 5) is 10.7. The Balaban J connectivity index is 4.59. The fourth-order valence-corrected chi connectivity index (χ4v) is 0.755. The molecule has 0 saturated carbocycles. The zero-order chi connectivity index (χ0) is 12.4. The summed E-state index contributed by atoms with van der Waals surface area (Å²) in [5.74, 6) is -2.00. The van der Waals surface area contributed by atoms with Gasteiger partial charge in [0.2, 0.25) is 11.9 Å². The maximum Gasteiger partial charge on any atom is 0.421 e. The fourth-order valence-electron chi connectivity index (χ4n) is 0.755. The first-order valence-corrected chi connectivity index (χ1v) is 3.91. The molecule has 0 rings (SSSR count). The zero-order valence-corrected chi connectivity index (χ0v) is 7.64. The molecule has 0 bridgehead atoms. The first-order valence-electron chi connectivity index (χ1n) is 3.91. The van der Waals surface area contributed by atoms with Gasteiger partial charge in [0.15, 0.2) is 0 Å². The summed E-state index contributed by atoms with van der Waals surface area (Å²) < 4.78 is 35.4. The van der Waals surface area contributed by atoms with Gasteiger partial charge in [-0.15, -0.1) is 0 Å². The molecule has 0 amide bonds. The van der Waals surface area contributed by atoms with Crippen molar-refractivity contribution in [3.05, 3.63) is 0 Å². The summed E-state index contributed by atoms with van der Waals surface area (Å²) >= 11 is 0. The molecule has 15 heavy (non-hydrogen) atoms. The molecule has 4 atom stereocenters. The van der Waals surface area contributed by atoms with Crippen molar-refractivity contribution in [2.45, 2.75) is 37.5 Å². The van der Waals surface area contributed by atoms with Crippen LogP contribution in [0.25, 0.3) is 0 Å². The zero-order valence-electron chi connectivity index (χ0n) is 7.64. The summed E-state index contributed by atoms with van der Waals surface area (Å²) in [5, 5.41) is 34.9. The van der Waals surface area contributed by atoms with Gasteiger partial charge in [0.1, 0.15) is 12.2 Å². The summed E-state index contributed by atoms with van der Waals surface area (Å²) in [6.07, 6.45) is -14.7. The summed E-state index contributed by atoms with van der Waals surface area (Å²) in [6.45, 7) is 0.973. The van der Waals surface area contributed by atoms with E-state index in [4.69, 9.17) is 20.4 Å². The Labute approximate surface area is 82.8 Å². The number of rotatable bonds is 4. The van der Waals surface area contributed by atoms with Crippen LogP contribution in [0.15, 0.2) is 0 Å². The first kappa shape index (κ1) is 14.3. The molecule has 0 fully saturated rings. The number of ketones is 1. The lowest BCUT2D eigenvalue weighted by molar-refractivity contribution is -0.211. The minimum absolute atomic E-state index is 0.973. The molecule has 8 heteroatoms. The van der Waals surface area contributed by atoms with E-state index < -0.39 is 36.4 Å². The Morgan fingerprint density at radius 2 is 1.53 bits per heavy atom. The van der Waals surface area contributed by atoms with Crippen molar-refractivity contribution in [2.75, 3.05) is 0 Å². The maximum absolute atomic E-state index is 11.8. The number of carbonyl (C=O) groups is 1. The molecule has 0 aliphatic rings. The van der Waals surface area contributed by atoms with Gasteiger partial charge in [0.05, 0.1) is 6.10 Å². The molecule has 0 radical (unpaired) electrons. The molecule has 0 aliphatic heterocycles. The topological polar surface area (TPSA) is 98.0 Å². The molecule has 0 aliphatic carbocycles. The molecule has 0 heterocycles. The van der Waals surface area contributed by atoms with Gasteiger partial charge in [0, 0.05) is 0 Å². The second-order valence-corrected chi connectivity index (χ2v) is 3.02. The molecular formula is C7H11F3O5. The molecule has 5 nitrogen and oxygen atoms in total. The Morgan fingerprint density at radius 1 is 1.13 bits per heavy atom. The quantitative estimate of drug-likeness (QED) is 0.477. The first-order chi connectivity index (χ1) is 6.59. The summed E-state index contributed by atoms with van der Waals surface area (Å²) in [7, 11) is 0. The molecule has 0 aromatic heterocycles. The maximum atomic E-state index is 11.8. The molecule has 0 aromatic rings. The van der Waals surface area contributed by atoms with Crippen molar-refractivity contribution in [2.24, 2.45) is 0 Å². The largest absolute Gasteiger partial charge is 0.421 e. The lowest BCUT2D eigenvalue weighted by atomic mass is 10.0. The average Bonchev–Trinajstić information content (AvgIpc) is 2.11. The number of halogens is 3. The van der Waals surface area contributed by atoms with Gasteiger partial charge in [0.25, 0.3) is 0 Å². The second kappa shape index (κ2) is 4.88. The van der Waals surface area contributed by atoms with Gasteiger partial charge >= 0.3 is 6.18 Å². The van der Waals surface area contributed by atoms with Gasteiger partial charge in [-0.3, -0.25) is 4.79 Å². The van der Waals surface area contributed by atoms with Crippen LogP contribution in [0.3, 0.4) is 0 Å². The normalized spacial score (nSPS) is 20.5. The smallest absolute Gasteiger partial charge is 0.391 e. The number of aliphatic hydroxyl groups is 4. The van der Waals surface area contributed by atoms with E-state index >= 15 is 0 Å². The standard InChI is InChI=1S/C7H11F3O5/c1-2(11)3(12)4(13)5(14)6(15)7(8,9)10/h2-4,6,11-13,15H,1H3/t2-,3+,4+,6?/m1/s1. The van der Waals surface area contributed by atoms with E-state index in [9.17, 15) is 18.0 Å². The van der Waals surface area contributed by atoms with E-state index in [1.807, 2.05) is 0 Å². The molecule has 0 aromatic carbocycles. The van der Waals surface area contributed by atoms with Crippen LogP contribution < -0.4 is 0 Å². The van der Waals surface area contributed by atoms with Gasteiger partial charge in [-0.2, -0.15) is 13.2 Å². The van der Waals surface area contributed by atoms with E-state index in [1.165, 1.54) is 0 Å². The summed E-state index contributed by atoms with van der Waals surface area (Å²) in [6, 6.07) is 0. The Kier molecular flexibility index (Phi) is 4.65. The highest BCUT2D eigenvalue weighted by Gasteiger charge is 2.47. The van der Waals surface area contributed by atoms with Crippen molar-refractivity contribution < 1.29 is 38.4 Å². The van der Waals surface area contributed by atoms with Gasteiger partial charge in [-0.1, -0.05) is 0 Å². The van der Waals surface area contributed by atoms with Crippen LogP contribution in [-0.4, -0.2) is 56.8 Å². The van der Waals surface area contributed by atoms with E-state index in [2.05, 4.69) is 0 Å². The van der Waals surface area contributed by atoms with E-state index in [0.29, 0.717) is 0 Å². The van der Waals surface area contributed by atoms with E-state index in [-0.39, 0.29) is 0 Å². The third kappa shape index (κ3) is 3.74. The van der Waals surface area contributed by atoms with E-state index in [0.717, 1.165) is 6.92 Å². The van der Waals surface area contributed by atoms with Crippen molar-refractivity contribution >= 4 is 5.78 Å². The van der Waals surface area contributed by atoms with Crippen LogP contribution in [0.2, 0.25) is 0 Å². The van der Waals surface area contributed by atoms with Crippen LogP contribution in [0, 0.1) is 0 Å². The molecular weight excluding hydrogens is 221 g/mol. The second-order valence-electron chi connectivity index (χ2n) is 3.02. The Morgan fingerprint density at radius 3 is 1.80 bits per heavy atom. The van der Waals surface area contributed by atoms with Crippen LogP contribution in [0.5, 0.6) is 0 Å². The number of hydrogen-bond donors (Lipinski definition) is 4. The average molecular weight is 232 g/mol. The van der Waals surface area contributed by atoms with Gasteiger partial charge in [-0.25, -0.2) is 0 Å². The predicted molar refractivity (Wildman–Crippen MR) is 40.8 cm³/mol. The lowest BCUT2D eigenvalue weighted by Crippen LogP contribution is -2.49. The number of Topliss-reactive ketones (excluding diaryl/α,β-unsaturated/α-hetero) is 1. The number of carbonyl (C=O) groups excluding carboxylic acids is 1. The highest BCUT2D eigenvalue weighted by atomic mass is 19.4. The highest BCUT2D eigenvalue weighted by molar-refractivity contribution is 5.88. The van der Waals surface area contributed by atoms with Crippen molar-refractivity contribution in [1.82, 2.24) is 0 Å². The molecule has 0 saturated heterocycles. The third-order valence-electron chi connectivity index (χ3n) is 1.69. The molecule has 90 valence electrons. The monoisotopic (exact) mass is 232 g/mol. The summed E-state index contributed by atoms with van der Waals surface area (Å²) in [5.41, 5.74) is 0. The minimum Gasteiger partial charge on any atom is -0.391 e. The Bertz CT molecular complexity index is 227. The predicted octanol–water partition coefficient (Wildman–Crippen LogP) is -1.42. The minimum atomic E-state index is -5.21. The van der Waals surface area contributed by atoms with Gasteiger partial charge in [-0.05, 0) is 6.92 Å². The fraction of sp³-hybridized carbons (Fsp3) is 0.857. The molecule has 1 unspecified atom stereocenters. The Hall–Kier alpha value is -0.700. The number of alkyl halides is 3. The number of hydrogen-bond acceptors (Lipinski definition) is 5. The van der Waals surface area contributed by atoms with Crippen molar-refractivity contribution in [3.63, 3.8) is 0 Å². The molecule has 4 N–H and O–H groups in total. The SMILES string of the molecule is C[C@@H](O)[C@H](O)[C@H](O)C(=O)C(O)C(F)(F)F. The van der Waals surface area contributed by atoms with Crippen LogP contribution in [0.4, 0.5) is 13.2 Å². The van der Waals surface area contributed by atoms with Crippen molar-refractivity contribution in [3.8, 4) is 0 Å².